The van der Waals surface area contributed by atoms with Gasteiger partial charge in [0, 0.05) is 5.56 Å². The summed E-state index contributed by atoms with van der Waals surface area (Å²) >= 11 is 0.909. The third kappa shape index (κ3) is 6.22. The van der Waals surface area contributed by atoms with Gasteiger partial charge in [0.1, 0.15) is 29.6 Å². The zero-order valence-electron chi connectivity index (χ0n) is 25.7. The van der Waals surface area contributed by atoms with E-state index < -0.39 is 23.7 Å². The molecule has 1 N–H and O–H groups in total. The van der Waals surface area contributed by atoms with Gasteiger partial charge >= 0.3 is 11.9 Å². The van der Waals surface area contributed by atoms with Crippen molar-refractivity contribution in [2.45, 2.75) is 26.5 Å². The number of rotatable bonds is 11. The Morgan fingerprint density at radius 1 is 1.02 bits per heavy atom. The lowest BCUT2D eigenvalue weighted by molar-refractivity contribution is -0.132. The van der Waals surface area contributed by atoms with Crippen molar-refractivity contribution in [3.05, 3.63) is 118 Å². The Hall–Kier alpha value is -5.42. The number of nitrogens with zero attached hydrogens (tertiary/aromatic N) is 2. The molecule has 0 aliphatic carbocycles. The first-order valence-corrected chi connectivity index (χ1v) is 15.1. The Bertz CT molecular complexity index is 1840. The van der Waals surface area contributed by atoms with Gasteiger partial charge in [-0.15, -0.1) is 0 Å². The van der Waals surface area contributed by atoms with Crippen LogP contribution in [-0.4, -0.2) is 48.6 Å². The number of aryl methyl sites for hydroxylation is 2. The van der Waals surface area contributed by atoms with Crippen LogP contribution < -0.4 is 19.1 Å². The van der Waals surface area contributed by atoms with Gasteiger partial charge in [0.2, 0.25) is 0 Å². The Morgan fingerprint density at radius 3 is 2.41 bits per heavy atom. The highest BCUT2D eigenvalue weighted by Crippen LogP contribution is 2.45. The van der Waals surface area contributed by atoms with Crippen molar-refractivity contribution >= 4 is 39.9 Å². The number of ketones is 1. The SMILES string of the molecule is C=CCOC(=O)c1sc(N2C(=O)C(=O)/C(=C(/O)c3ccc(OCc4ccccc4C)cc3)C2c2ccc(OC)c(OC)c2)nc1C. The third-order valence-corrected chi connectivity index (χ3v) is 8.60. The molecule has 0 spiro atoms. The normalized spacial score (nSPS) is 15.5. The highest BCUT2D eigenvalue weighted by Gasteiger charge is 2.48. The lowest BCUT2D eigenvalue weighted by atomic mass is 9.95. The van der Waals surface area contributed by atoms with Crippen molar-refractivity contribution in [2.24, 2.45) is 0 Å². The summed E-state index contributed by atoms with van der Waals surface area (Å²) in [6, 6.07) is 18.3. The predicted molar refractivity (Wildman–Crippen MR) is 174 cm³/mol. The molecule has 0 bridgehead atoms. The summed E-state index contributed by atoms with van der Waals surface area (Å²) in [4.78, 5) is 45.8. The van der Waals surface area contributed by atoms with Crippen LogP contribution >= 0.6 is 11.3 Å². The van der Waals surface area contributed by atoms with Gasteiger partial charge < -0.3 is 24.1 Å². The van der Waals surface area contributed by atoms with E-state index in [1.54, 1.807) is 49.4 Å². The van der Waals surface area contributed by atoms with E-state index in [0.717, 1.165) is 22.5 Å². The van der Waals surface area contributed by atoms with E-state index in [-0.39, 0.29) is 27.9 Å². The lowest BCUT2D eigenvalue weighted by Crippen LogP contribution is -2.29. The molecule has 11 heteroatoms. The van der Waals surface area contributed by atoms with E-state index in [4.69, 9.17) is 18.9 Å². The van der Waals surface area contributed by atoms with E-state index in [1.165, 1.54) is 25.2 Å². The summed E-state index contributed by atoms with van der Waals surface area (Å²) in [5.74, 6) is -1.51. The largest absolute Gasteiger partial charge is 0.507 e. The maximum absolute atomic E-state index is 13.7. The van der Waals surface area contributed by atoms with Crippen LogP contribution in [-0.2, 0) is 20.9 Å². The topological polar surface area (TPSA) is 124 Å². The smallest absolute Gasteiger partial charge is 0.350 e. The number of aromatic nitrogens is 1. The number of Topliss-reactive ketones (excluding diaryl/α,β-unsaturated/α-hetero) is 1. The minimum absolute atomic E-state index is 0.00259. The maximum atomic E-state index is 13.7. The summed E-state index contributed by atoms with van der Waals surface area (Å²) in [5, 5.41) is 11.7. The monoisotopic (exact) mass is 640 g/mol. The van der Waals surface area contributed by atoms with Crippen molar-refractivity contribution in [3.8, 4) is 17.2 Å². The van der Waals surface area contributed by atoms with Gasteiger partial charge in [0.15, 0.2) is 16.6 Å². The van der Waals surface area contributed by atoms with Gasteiger partial charge in [-0.25, -0.2) is 9.78 Å². The number of hydrogen-bond donors (Lipinski definition) is 1. The first-order chi connectivity index (χ1) is 22.2. The maximum Gasteiger partial charge on any atom is 0.350 e. The third-order valence-electron chi connectivity index (χ3n) is 7.46. The van der Waals surface area contributed by atoms with Crippen LogP contribution in [0.2, 0.25) is 0 Å². The Morgan fingerprint density at radius 2 is 1.74 bits per heavy atom. The van der Waals surface area contributed by atoms with Crippen LogP contribution in [0.3, 0.4) is 0 Å². The summed E-state index contributed by atoms with van der Waals surface area (Å²) in [6.07, 6.45) is 1.44. The second-order valence-electron chi connectivity index (χ2n) is 10.3. The number of ether oxygens (including phenoxy) is 4. The number of aliphatic hydroxyl groups excluding tert-OH is 1. The molecule has 1 unspecified atom stereocenters. The molecule has 2 heterocycles. The fourth-order valence-electron chi connectivity index (χ4n) is 5.04. The zero-order valence-corrected chi connectivity index (χ0v) is 26.6. The van der Waals surface area contributed by atoms with Crippen LogP contribution in [0.5, 0.6) is 17.2 Å². The molecule has 1 saturated heterocycles. The lowest BCUT2D eigenvalue weighted by Gasteiger charge is -2.23. The van der Waals surface area contributed by atoms with Crippen molar-refractivity contribution in [2.75, 3.05) is 25.7 Å². The molecule has 0 saturated carbocycles. The van der Waals surface area contributed by atoms with Crippen molar-refractivity contribution in [1.82, 2.24) is 4.98 Å². The number of carbonyl (C=O) groups excluding carboxylic acids is 3. The predicted octanol–water partition coefficient (Wildman–Crippen LogP) is 6.33. The number of amides is 1. The van der Waals surface area contributed by atoms with E-state index in [2.05, 4.69) is 11.6 Å². The molecule has 1 aliphatic heterocycles. The molecule has 1 atom stereocenters. The molecule has 1 aliphatic rings. The summed E-state index contributed by atoms with van der Waals surface area (Å²) < 4.78 is 22.0. The van der Waals surface area contributed by atoms with E-state index in [0.29, 0.717) is 40.7 Å². The number of benzene rings is 3. The first kappa shape index (κ1) is 32.0. The van der Waals surface area contributed by atoms with Gasteiger partial charge in [-0.05, 0) is 66.9 Å². The van der Waals surface area contributed by atoms with Gasteiger partial charge in [0.05, 0.1) is 31.5 Å². The molecule has 1 fully saturated rings. The highest BCUT2D eigenvalue weighted by molar-refractivity contribution is 7.17. The fraction of sp³-hybridized carbons (Fsp3) is 0.200. The van der Waals surface area contributed by atoms with Gasteiger partial charge in [-0.2, -0.15) is 0 Å². The van der Waals surface area contributed by atoms with Gasteiger partial charge in [-0.3, -0.25) is 14.5 Å². The van der Waals surface area contributed by atoms with E-state index >= 15 is 0 Å². The standard InChI is InChI=1S/C35H32N2O8S/c1-6-17-44-34(41)32-21(3)36-35(46-32)37-29(23-13-16-26(42-4)27(18-23)43-5)28(31(39)33(37)40)30(38)22-11-14-25(15-12-22)45-19-24-10-8-7-9-20(24)2/h6-16,18,29,38H,1,17,19H2,2-5H3/b30-28+. The number of anilines is 1. The van der Waals surface area contributed by atoms with Gasteiger partial charge in [-0.1, -0.05) is 54.3 Å². The van der Waals surface area contributed by atoms with E-state index in [9.17, 15) is 19.5 Å². The first-order valence-electron chi connectivity index (χ1n) is 14.2. The van der Waals surface area contributed by atoms with Crippen LogP contribution in [0.25, 0.3) is 5.76 Å². The zero-order chi connectivity index (χ0) is 33.0. The average molecular weight is 641 g/mol. The number of thiazole rings is 1. The number of carbonyl (C=O) groups is 3. The van der Waals surface area contributed by atoms with Crippen LogP contribution in [0.4, 0.5) is 5.13 Å². The quantitative estimate of drug-likeness (QED) is 0.0659. The van der Waals surface area contributed by atoms with Crippen molar-refractivity contribution in [1.29, 1.82) is 0 Å². The molecule has 4 aromatic rings. The molecule has 0 radical (unpaired) electrons. The molecule has 46 heavy (non-hydrogen) atoms. The van der Waals surface area contributed by atoms with Crippen molar-refractivity contribution in [3.63, 3.8) is 0 Å². The fourth-order valence-corrected chi connectivity index (χ4v) is 6.03. The summed E-state index contributed by atoms with van der Waals surface area (Å²) in [7, 11) is 2.95. The summed E-state index contributed by atoms with van der Waals surface area (Å²) in [6.45, 7) is 7.52. The minimum Gasteiger partial charge on any atom is -0.507 e. The number of hydrogen-bond acceptors (Lipinski definition) is 10. The van der Waals surface area contributed by atoms with Crippen LogP contribution in [0.1, 0.15) is 43.7 Å². The molecule has 3 aromatic carbocycles. The Labute approximate surface area is 270 Å². The molecule has 10 nitrogen and oxygen atoms in total. The minimum atomic E-state index is -1.11. The molecule has 5 rings (SSSR count). The summed E-state index contributed by atoms with van der Waals surface area (Å²) in [5.41, 5.74) is 3.06. The van der Waals surface area contributed by atoms with Gasteiger partial charge in [0.25, 0.3) is 5.78 Å². The molecule has 1 amide bonds. The van der Waals surface area contributed by atoms with E-state index in [1.807, 2.05) is 31.2 Å². The molecular weight excluding hydrogens is 608 g/mol. The van der Waals surface area contributed by atoms with Crippen molar-refractivity contribution < 1.29 is 38.4 Å². The van der Waals surface area contributed by atoms with Crippen LogP contribution in [0.15, 0.2) is 85.0 Å². The number of esters is 1. The second-order valence-corrected chi connectivity index (χ2v) is 11.3. The van der Waals surface area contributed by atoms with Crippen LogP contribution in [0, 0.1) is 13.8 Å². The Balaban J connectivity index is 1.56. The highest BCUT2D eigenvalue weighted by atomic mass is 32.1. The Kier molecular flexibility index (Phi) is 9.53. The second kappa shape index (κ2) is 13.7. The molecular formula is C35H32N2O8S. The number of methoxy groups -OCH3 is 2. The average Bonchev–Trinajstić information content (AvgIpc) is 3.58. The molecule has 1 aromatic heterocycles. The number of aliphatic hydroxyl groups is 1. The molecule has 236 valence electrons.